The highest BCUT2D eigenvalue weighted by atomic mass is 16.1. The van der Waals surface area contributed by atoms with Crippen LogP contribution in [0.5, 0.6) is 0 Å². The van der Waals surface area contributed by atoms with E-state index in [-0.39, 0.29) is 17.7 Å². The molecule has 0 amide bonds. The summed E-state index contributed by atoms with van der Waals surface area (Å²) in [7, 11) is 0. The first-order valence-electron chi connectivity index (χ1n) is 13.0. The van der Waals surface area contributed by atoms with E-state index in [1.165, 1.54) is 51.4 Å². The first kappa shape index (κ1) is 23.0. The zero-order valence-electron chi connectivity index (χ0n) is 20.6. The number of carbonyl (C=O) groups excluding carboxylic acids is 1. The first-order chi connectivity index (χ1) is 14.6. The molecule has 2 bridgehead atoms. The summed E-state index contributed by atoms with van der Waals surface area (Å²) in [4.78, 5) is 10.9. The van der Waals surface area contributed by atoms with E-state index in [1.807, 2.05) is 30.3 Å². The molecule has 1 aromatic rings. The standard InChI is InChI=1S/C20H36.C9H9NO/c1-14-7-6-11-20(5)12-10-17-15(2)8-9-16(13-18(14)20)19(17,3)4;10-8-7(9(8)11)6-4-2-1-3-5-6/h14-18H,6-13H2,1-5H3;1-5,7-8H,10H2/t14-,15-,16+,17+,18-,20+;/m1./s1. The zero-order chi connectivity index (χ0) is 22.4. The summed E-state index contributed by atoms with van der Waals surface area (Å²) in [6.45, 7) is 12.9. The van der Waals surface area contributed by atoms with Gasteiger partial charge in [0.1, 0.15) is 0 Å². The van der Waals surface area contributed by atoms with Crippen molar-refractivity contribution in [1.29, 1.82) is 0 Å². The average Bonchev–Trinajstić information content (AvgIpc) is 3.32. The van der Waals surface area contributed by atoms with Gasteiger partial charge in [-0.05, 0) is 78.1 Å². The minimum absolute atomic E-state index is 0.0174. The Labute approximate surface area is 190 Å². The van der Waals surface area contributed by atoms with Gasteiger partial charge in [-0.3, -0.25) is 4.79 Å². The van der Waals surface area contributed by atoms with Crippen molar-refractivity contribution in [2.45, 2.75) is 97.9 Å². The Morgan fingerprint density at radius 3 is 2.16 bits per heavy atom. The second kappa shape index (κ2) is 8.65. The highest BCUT2D eigenvalue weighted by molar-refractivity contribution is 6.07. The monoisotopic (exact) mass is 423 g/mol. The third-order valence-electron chi connectivity index (χ3n) is 10.3. The molecule has 2 nitrogen and oxygen atoms in total. The van der Waals surface area contributed by atoms with E-state index in [0.717, 1.165) is 35.2 Å². The molecule has 2 unspecified atom stereocenters. The van der Waals surface area contributed by atoms with Crippen molar-refractivity contribution in [2.24, 2.45) is 46.2 Å². The molecule has 8 atom stereocenters. The maximum atomic E-state index is 10.9. The molecule has 4 aliphatic carbocycles. The summed E-state index contributed by atoms with van der Waals surface area (Å²) in [5, 5.41) is 0. The summed E-state index contributed by atoms with van der Waals surface area (Å²) in [5.41, 5.74) is 7.80. The van der Waals surface area contributed by atoms with Crippen LogP contribution in [0.1, 0.15) is 97.5 Å². The van der Waals surface area contributed by atoms with Gasteiger partial charge in [0.05, 0.1) is 12.0 Å². The maximum Gasteiger partial charge on any atom is 0.160 e. The minimum atomic E-state index is -0.239. The SMILES string of the molecule is C[C@@H]1CCC[C@@]2(C)CC[C@H]3[C@H](C)CC[C@@H](C[C@H]12)C3(C)C.NC1C(=O)C1c1ccccc1. The minimum Gasteiger partial charge on any atom is -0.321 e. The average molecular weight is 424 g/mol. The first-order valence-corrected chi connectivity index (χ1v) is 13.0. The second-order valence-electron chi connectivity index (χ2n) is 12.4. The summed E-state index contributed by atoms with van der Waals surface area (Å²) >= 11 is 0. The number of Topliss-reactive ketones (excluding diaryl/α,β-unsaturated/α-hetero) is 1. The summed E-state index contributed by atoms with van der Waals surface area (Å²) in [5.74, 6) is 5.07. The lowest BCUT2D eigenvalue weighted by Crippen LogP contribution is -2.48. The molecule has 31 heavy (non-hydrogen) atoms. The highest BCUT2D eigenvalue weighted by Crippen LogP contribution is 2.60. The van der Waals surface area contributed by atoms with Crippen LogP contribution in [0, 0.1) is 40.4 Å². The number of hydrogen-bond acceptors (Lipinski definition) is 2. The van der Waals surface area contributed by atoms with Crippen LogP contribution >= 0.6 is 0 Å². The molecule has 5 rings (SSSR count). The van der Waals surface area contributed by atoms with E-state index in [0.29, 0.717) is 10.8 Å². The molecule has 0 radical (unpaired) electrons. The molecular formula is C29H45NO. The fourth-order valence-corrected chi connectivity index (χ4v) is 7.96. The van der Waals surface area contributed by atoms with Gasteiger partial charge in [-0.2, -0.15) is 0 Å². The molecule has 0 aromatic heterocycles. The number of rotatable bonds is 1. The Hall–Kier alpha value is -1.15. The maximum absolute atomic E-state index is 10.9. The number of nitrogens with two attached hydrogens (primary N) is 1. The van der Waals surface area contributed by atoms with Crippen LogP contribution in [0.3, 0.4) is 0 Å². The molecule has 2 heteroatoms. The Morgan fingerprint density at radius 2 is 1.52 bits per heavy atom. The van der Waals surface area contributed by atoms with Crippen molar-refractivity contribution >= 4 is 5.78 Å². The third kappa shape index (κ3) is 4.39. The van der Waals surface area contributed by atoms with Gasteiger partial charge in [-0.25, -0.2) is 0 Å². The van der Waals surface area contributed by atoms with E-state index < -0.39 is 0 Å². The van der Waals surface area contributed by atoms with Gasteiger partial charge >= 0.3 is 0 Å². The lowest BCUT2D eigenvalue weighted by atomic mass is 9.48. The van der Waals surface area contributed by atoms with E-state index in [2.05, 4.69) is 34.6 Å². The van der Waals surface area contributed by atoms with Crippen molar-refractivity contribution in [2.75, 3.05) is 0 Å². The molecule has 4 saturated carbocycles. The Morgan fingerprint density at radius 1 is 0.871 bits per heavy atom. The molecule has 1 aromatic carbocycles. The highest BCUT2D eigenvalue weighted by Gasteiger charge is 2.51. The Kier molecular flexibility index (Phi) is 6.43. The van der Waals surface area contributed by atoms with Crippen LogP contribution in [0.15, 0.2) is 30.3 Å². The van der Waals surface area contributed by atoms with Crippen LogP contribution in [0.2, 0.25) is 0 Å². The Balaban J connectivity index is 0.000000177. The number of ketones is 1. The lowest BCUT2D eigenvalue weighted by Gasteiger charge is -2.57. The zero-order valence-corrected chi connectivity index (χ0v) is 20.6. The van der Waals surface area contributed by atoms with E-state index in [4.69, 9.17) is 5.73 Å². The van der Waals surface area contributed by atoms with Crippen molar-refractivity contribution in [3.8, 4) is 0 Å². The van der Waals surface area contributed by atoms with Crippen molar-refractivity contribution in [3.05, 3.63) is 35.9 Å². The summed E-state index contributed by atoms with van der Waals surface area (Å²) in [6.07, 6.45) is 12.0. The Bertz CT molecular complexity index is 770. The number of benzene rings is 1. The van der Waals surface area contributed by atoms with Gasteiger partial charge in [-0.15, -0.1) is 0 Å². The smallest absolute Gasteiger partial charge is 0.160 e. The topological polar surface area (TPSA) is 43.1 Å². The van der Waals surface area contributed by atoms with Gasteiger partial charge in [-0.1, -0.05) is 84.2 Å². The van der Waals surface area contributed by atoms with Gasteiger partial charge in [0, 0.05) is 0 Å². The largest absolute Gasteiger partial charge is 0.321 e. The number of fused-ring (bicyclic) bond motifs is 3. The predicted octanol–water partition coefficient (Wildman–Crippen LogP) is 6.98. The number of hydrogen-bond donors (Lipinski definition) is 1. The summed E-state index contributed by atoms with van der Waals surface area (Å²) in [6, 6.07) is 9.42. The quantitative estimate of drug-likeness (QED) is 0.529. The van der Waals surface area contributed by atoms with Crippen LogP contribution < -0.4 is 5.73 Å². The lowest BCUT2D eigenvalue weighted by molar-refractivity contribution is -0.110. The predicted molar refractivity (Wildman–Crippen MR) is 130 cm³/mol. The molecule has 2 N–H and O–H groups in total. The van der Waals surface area contributed by atoms with Crippen molar-refractivity contribution < 1.29 is 4.79 Å². The van der Waals surface area contributed by atoms with Gasteiger partial charge < -0.3 is 5.73 Å². The van der Waals surface area contributed by atoms with Crippen LogP contribution in [0.25, 0.3) is 0 Å². The molecule has 0 saturated heterocycles. The molecule has 0 heterocycles. The number of carbonyl (C=O) groups is 1. The fraction of sp³-hybridized carbons (Fsp3) is 0.759. The molecule has 4 aliphatic rings. The third-order valence-corrected chi connectivity index (χ3v) is 10.3. The molecule has 4 fully saturated rings. The van der Waals surface area contributed by atoms with Gasteiger partial charge in [0.25, 0.3) is 0 Å². The van der Waals surface area contributed by atoms with Gasteiger partial charge in [0.15, 0.2) is 5.78 Å². The molecule has 0 aliphatic heterocycles. The van der Waals surface area contributed by atoms with Crippen LogP contribution in [0.4, 0.5) is 0 Å². The molecule has 0 spiro atoms. The molecular weight excluding hydrogens is 378 g/mol. The van der Waals surface area contributed by atoms with Crippen molar-refractivity contribution in [1.82, 2.24) is 0 Å². The van der Waals surface area contributed by atoms with Crippen molar-refractivity contribution in [3.63, 3.8) is 0 Å². The fourth-order valence-electron chi connectivity index (χ4n) is 7.96. The van der Waals surface area contributed by atoms with Gasteiger partial charge in [0.2, 0.25) is 0 Å². The van der Waals surface area contributed by atoms with E-state index in [1.54, 1.807) is 0 Å². The second-order valence-corrected chi connectivity index (χ2v) is 12.4. The summed E-state index contributed by atoms with van der Waals surface area (Å²) < 4.78 is 0. The normalized spacial score (nSPS) is 43.5. The molecule has 172 valence electrons. The van der Waals surface area contributed by atoms with Crippen LogP contribution in [-0.4, -0.2) is 11.8 Å². The van der Waals surface area contributed by atoms with E-state index in [9.17, 15) is 4.79 Å². The van der Waals surface area contributed by atoms with E-state index >= 15 is 0 Å². The van der Waals surface area contributed by atoms with Crippen LogP contribution in [-0.2, 0) is 4.79 Å².